The molecule has 0 saturated heterocycles. The number of anilines is 1. The SMILES string of the molecule is COc1ccc(C(=O)C(CN(C)c2ccccc2)ON2C(=O)c3ccccc3C2=O)cc1. The Morgan fingerprint density at radius 3 is 2.00 bits per heavy atom. The molecule has 32 heavy (non-hydrogen) atoms. The maximum atomic E-state index is 13.3. The zero-order valence-corrected chi connectivity index (χ0v) is 17.7. The number of carbonyl (C=O) groups excluding carboxylic acids is 3. The predicted octanol–water partition coefficient (Wildman–Crippen LogP) is 3.61. The number of ketones is 1. The van der Waals surface area contributed by atoms with Crippen LogP contribution in [0, 0.1) is 0 Å². The number of fused-ring (bicyclic) bond motifs is 1. The lowest BCUT2D eigenvalue weighted by molar-refractivity contribution is -0.114. The van der Waals surface area contributed by atoms with E-state index in [4.69, 9.17) is 9.57 Å². The van der Waals surface area contributed by atoms with Gasteiger partial charge in [-0.3, -0.25) is 14.4 Å². The van der Waals surface area contributed by atoms with Crippen molar-refractivity contribution in [1.82, 2.24) is 5.06 Å². The Bertz CT molecular complexity index is 1110. The Hall–Kier alpha value is -3.97. The van der Waals surface area contributed by atoms with Crippen molar-refractivity contribution in [2.75, 3.05) is 25.6 Å². The van der Waals surface area contributed by atoms with Gasteiger partial charge >= 0.3 is 0 Å². The van der Waals surface area contributed by atoms with Crippen molar-refractivity contribution in [2.45, 2.75) is 6.10 Å². The summed E-state index contributed by atoms with van der Waals surface area (Å²) in [6, 6.07) is 22.6. The summed E-state index contributed by atoms with van der Waals surface area (Å²) in [5.74, 6) is -0.909. The fraction of sp³-hybridized carbons (Fsp3) is 0.160. The molecule has 0 bridgehead atoms. The van der Waals surface area contributed by atoms with E-state index in [1.54, 1.807) is 55.6 Å². The molecule has 3 aromatic carbocycles. The molecule has 0 aromatic heterocycles. The quantitative estimate of drug-likeness (QED) is 0.401. The molecule has 0 spiro atoms. The number of hydrogen-bond acceptors (Lipinski definition) is 6. The number of rotatable bonds is 8. The van der Waals surface area contributed by atoms with Crippen molar-refractivity contribution in [1.29, 1.82) is 0 Å². The Kier molecular flexibility index (Phi) is 6.00. The van der Waals surface area contributed by atoms with Crippen LogP contribution >= 0.6 is 0 Å². The fourth-order valence-corrected chi connectivity index (χ4v) is 3.53. The number of carbonyl (C=O) groups is 3. The molecule has 1 heterocycles. The lowest BCUT2D eigenvalue weighted by Gasteiger charge is -2.27. The van der Waals surface area contributed by atoms with E-state index in [1.165, 1.54) is 0 Å². The van der Waals surface area contributed by atoms with Crippen molar-refractivity contribution < 1.29 is 24.0 Å². The van der Waals surface area contributed by atoms with Gasteiger partial charge in [-0.15, -0.1) is 5.06 Å². The number of methoxy groups -OCH3 is 1. The van der Waals surface area contributed by atoms with Crippen LogP contribution in [-0.2, 0) is 4.84 Å². The second-order valence-electron chi connectivity index (χ2n) is 7.35. The fourth-order valence-electron chi connectivity index (χ4n) is 3.53. The van der Waals surface area contributed by atoms with Gasteiger partial charge in [0.05, 0.1) is 24.8 Å². The van der Waals surface area contributed by atoms with E-state index in [9.17, 15) is 14.4 Å². The summed E-state index contributed by atoms with van der Waals surface area (Å²) in [6.45, 7) is 0.127. The average molecular weight is 430 g/mol. The first-order valence-corrected chi connectivity index (χ1v) is 10.1. The zero-order valence-electron chi connectivity index (χ0n) is 17.7. The average Bonchev–Trinajstić information content (AvgIpc) is 3.08. The highest BCUT2D eigenvalue weighted by atomic mass is 16.7. The second kappa shape index (κ2) is 9.03. The van der Waals surface area contributed by atoms with Gasteiger partial charge in [-0.05, 0) is 48.5 Å². The van der Waals surface area contributed by atoms with Gasteiger partial charge in [0, 0.05) is 18.3 Å². The summed E-state index contributed by atoms with van der Waals surface area (Å²) < 4.78 is 5.16. The second-order valence-corrected chi connectivity index (χ2v) is 7.35. The molecule has 1 aliphatic heterocycles. The zero-order chi connectivity index (χ0) is 22.7. The summed E-state index contributed by atoms with van der Waals surface area (Å²) in [6.07, 6.45) is -1.10. The van der Waals surface area contributed by atoms with Gasteiger partial charge in [0.2, 0.25) is 0 Å². The first kappa shape index (κ1) is 21.3. The van der Waals surface area contributed by atoms with E-state index in [1.807, 2.05) is 42.3 Å². The number of likely N-dealkylation sites (N-methyl/N-ethyl adjacent to an activating group) is 1. The number of imide groups is 1. The summed E-state index contributed by atoms with van der Waals surface area (Å²) in [5, 5.41) is 0.690. The molecule has 4 rings (SSSR count). The van der Waals surface area contributed by atoms with Crippen LogP contribution in [0.3, 0.4) is 0 Å². The van der Waals surface area contributed by atoms with E-state index in [0.717, 1.165) is 5.69 Å². The van der Waals surface area contributed by atoms with Crippen molar-refractivity contribution >= 4 is 23.3 Å². The van der Waals surface area contributed by atoms with Crippen LogP contribution in [0.1, 0.15) is 31.1 Å². The van der Waals surface area contributed by atoms with E-state index in [0.29, 0.717) is 16.4 Å². The molecule has 0 N–H and O–H groups in total. The smallest absolute Gasteiger partial charge is 0.285 e. The van der Waals surface area contributed by atoms with Crippen molar-refractivity contribution in [3.8, 4) is 5.75 Å². The number of hydrogen-bond donors (Lipinski definition) is 0. The van der Waals surface area contributed by atoms with Crippen LogP contribution in [0.25, 0.3) is 0 Å². The highest BCUT2D eigenvalue weighted by molar-refractivity contribution is 6.20. The van der Waals surface area contributed by atoms with Crippen LogP contribution in [-0.4, -0.2) is 49.5 Å². The number of benzene rings is 3. The number of nitrogens with zero attached hydrogens (tertiary/aromatic N) is 2. The molecule has 0 radical (unpaired) electrons. The van der Waals surface area contributed by atoms with E-state index in [-0.39, 0.29) is 23.5 Å². The first-order valence-electron chi connectivity index (χ1n) is 10.1. The van der Waals surface area contributed by atoms with E-state index in [2.05, 4.69) is 0 Å². The summed E-state index contributed by atoms with van der Waals surface area (Å²) in [7, 11) is 3.36. The number of amides is 2. The van der Waals surface area contributed by atoms with Crippen molar-refractivity contribution in [2.24, 2.45) is 0 Å². The van der Waals surface area contributed by atoms with Crippen LogP contribution in [0.15, 0.2) is 78.9 Å². The molecule has 0 saturated carbocycles. The van der Waals surface area contributed by atoms with E-state index < -0.39 is 17.9 Å². The van der Waals surface area contributed by atoms with Gasteiger partial charge in [0.15, 0.2) is 11.9 Å². The highest BCUT2D eigenvalue weighted by Crippen LogP contribution is 2.25. The lowest BCUT2D eigenvalue weighted by Crippen LogP contribution is -2.44. The number of Topliss-reactive ketones (excluding diaryl/α,β-unsaturated/α-hetero) is 1. The summed E-state index contributed by atoms with van der Waals surface area (Å²) >= 11 is 0. The Labute approximate surface area is 185 Å². The molecule has 7 nitrogen and oxygen atoms in total. The molecular weight excluding hydrogens is 408 g/mol. The molecule has 1 aliphatic rings. The third-order valence-electron chi connectivity index (χ3n) is 5.29. The third kappa shape index (κ3) is 4.10. The normalized spacial score (nSPS) is 13.6. The van der Waals surface area contributed by atoms with E-state index >= 15 is 0 Å². The lowest BCUT2D eigenvalue weighted by atomic mass is 10.1. The number of ether oxygens (including phenoxy) is 1. The first-order chi connectivity index (χ1) is 15.5. The molecular formula is C25H22N2O5. The molecule has 1 atom stereocenters. The maximum Gasteiger partial charge on any atom is 0.285 e. The molecule has 3 aromatic rings. The third-order valence-corrected chi connectivity index (χ3v) is 5.29. The molecule has 7 heteroatoms. The highest BCUT2D eigenvalue weighted by Gasteiger charge is 2.39. The molecule has 2 amide bonds. The van der Waals surface area contributed by atoms with Gasteiger partial charge in [-0.2, -0.15) is 0 Å². The van der Waals surface area contributed by atoms with Crippen LogP contribution in [0.4, 0.5) is 5.69 Å². The summed E-state index contributed by atoms with van der Waals surface area (Å²) in [5.41, 5.74) is 1.76. The largest absolute Gasteiger partial charge is 0.497 e. The predicted molar refractivity (Wildman–Crippen MR) is 119 cm³/mol. The minimum atomic E-state index is -1.10. The monoisotopic (exact) mass is 430 g/mol. The van der Waals surface area contributed by atoms with Gasteiger partial charge in [-0.25, -0.2) is 4.84 Å². The Morgan fingerprint density at radius 1 is 0.875 bits per heavy atom. The van der Waals surface area contributed by atoms with Crippen LogP contribution in [0.2, 0.25) is 0 Å². The molecule has 162 valence electrons. The van der Waals surface area contributed by atoms with Crippen molar-refractivity contribution in [3.63, 3.8) is 0 Å². The summed E-state index contributed by atoms with van der Waals surface area (Å²) in [4.78, 5) is 46.5. The Balaban J connectivity index is 1.62. The van der Waals surface area contributed by atoms with Crippen molar-refractivity contribution in [3.05, 3.63) is 95.6 Å². The minimum Gasteiger partial charge on any atom is -0.497 e. The Morgan fingerprint density at radius 2 is 1.44 bits per heavy atom. The number of para-hydroxylation sites is 1. The number of hydroxylamine groups is 2. The molecule has 1 unspecified atom stereocenters. The van der Waals surface area contributed by atoms with Gasteiger partial charge in [0.25, 0.3) is 11.8 Å². The standard InChI is InChI=1S/C25H22N2O5/c1-26(18-8-4-3-5-9-18)16-22(23(28)17-12-14-19(31-2)15-13-17)32-27-24(29)20-10-6-7-11-21(20)25(27)30/h3-15,22H,16H2,1-2H3. The topological polar surface area (TPSA) is 76.2 Å². The molecule has 0 fully saturated rings. The maximum absolute atomic E-state index is 13.3. The molecule has 0 aliphatic carbocycles. The minimum absolute atomic E-state index is 0.127. The van der Waals surface area contributed by atoms with Crippen LogP contribution in [0.5, 0.6) is 5.75 Å². The van der Waals surface area contributed by atoms with Gasteiger partial charge < -0.3 is 9.64 Å². The van der Waals surface area contributed by atoms with Gasteiger partial charge in [0.1, 0.15) is 5.75 Å². The van der Waals surface area contributed by atoms with Crippen LogP contribution < -0.4 is 9.64 Å². The van der Waals surface area contributed by atoms with Gasteiger partial charge in [-0.1, -0.05) is 30.3 Å².